The van der Waals surface area contributed by atoms with Gasteiger partial charge in [-0.1, -0.05) is 11.3 Å². The van der Waals surface area contributed by atoms with Crippen molar-refractivity contribution < 1.29 is 19.6 Å². The summed E-state index contributed by atoms with van der Waals surface area (Å²) in [4.78, 5) is 34.9. The Morgan fingerprint density at radius 2 is 2.17 bits per heavy atom. The van der Waals surface area contributed by atoms with Gasteiger partial charge in [0.2, 0.25) is 0 Å². The third kappa shape index (κ3) is 3.21. The summed E-state index contributed by atoms with van der Waals surface area (Å²) >= 11 is 0. The molecule has 1 aliphatic carbocycles. The molecule has 1 fully saturated rings. The first-order chi connectivity index (χ1) is 11.5. The number of non-ortho nitro benzene ring substituents is 1. The number of benzene rings is 1. The minimum absolute atomic E-state index is 0.00495. The smallest absolute Gasteiger partial charge is 0.323 e. The van der Waals surface area contributed by atoms with E-state index in [1.165, 1.54) is 34.0 Å². The van der Waals surface area contributed by atoms with E-state index < -0.39 is 23.3 Å². The number of hydrogen-bond acceptors (Lipinski definition) is 6. The largest absolute Gasteiger partial charge is 0.480 e. The lowest BCUT2D eigenvalue weighted by Gasteiger charge is -2.18. The van der Waals surface area contributed by atoms with Gasteiger partial charge in [0.1, 0.15) is 6.54 Å². The Hall–Kier alpha value is -3.30. The molecule has 1 aliphatic rings. The zero-order chi connectivity index (χ0) is 17.3. The molecule has 24 heavy (non-hydrogen) atoms. The van der Waals surface area contributed by atoms with Crippen molar-refractivity contribution in [2.45, 2.75) is 18.9 Å². The summed E-state index contributed by atoms with van der Waals surface area (Å²) in [5.41, 5.74) is 0.267. The van der Waals surface area contributed by atoms with Gasteiger partial charge in [-0.2, -0.15) is 0 Å². The zero-order valence-corrected chi connectivity index (χ0v) is 12.4. The van der Waals surface area contributed by atoms with Crippen LogP contribution in [0.1, 0.15) is 23.3 Å². The molecule has 3 rings (SSSR count). The van der Waals surface area contributed by atoms with E-state index >= 15 is 0 Å². The minimum Gasteiger partial charge on any atom is -0.480 e. The molecule has 0 radical (unpaired) electrons. The Morgan fingerprint density at radius 3 is 2.79 bits per heavy atom. The van der Waals surface area contributed by atoms with Crippen molar-refractivity contribution in [1.82, 2.24) is 19.9 Å². The maximum atomic E-state index is 12.4. The lowest BCUT2D eigenvalue weighted by molar-refractivity contribution is -0.384. The lowest BCUT2D eigenvalue weighted by Crippen LogP contribution is -2.37. The van der Waals surface area contributed by atoms with Crippen molar-refractivity contribution >= 4 is 17.6 Å². The number of nitro benzene ring substituents is 1. The molecule has 1 heterocycles. The predicted molar refractivity (Wildman–Crippen MR) is 79.7 cm³/mol. The number of carbonyl (C=O) groups is 2. The number of carboxylic acids is 1. The quantitative estimate of drug-likeness (QED) is 0.613. The molecule has 1 saturated carbocycles. The van der Waals surface area contributed by atoms with Gasteiger partial charge >= 0.3 is 5.97 Å². The van der Waals surface area contributed by atoms with Gasteiger partial charge in [0.15, 0.2) is 5.69 Å². The Morgan fingerprint density at radius 1 is 1.42 bits per heavy atom. The number of nitrogens with zero attached hydrogens (tertiary/aromatic N) is 5. The van der Waals surface area contributed by atoms with Crippen molar-refractivity contribution in [3.63, 3.8) is 0 Å². The summed E-state index contributed by atoms with van der Waals surface area (Å²) in [5.74, 6) is -1.61. The highest BCUT2D eigenvalue weighted by atomic mass is 16.6. The van der Waals surface area contributed by atoms with E-state index in [2.05, 4.69) is 10.3 Å². The van der Waals surface area contributed by atoms with Crippen LogP contribution in [0.15, 0.2) is 30.5 Å². The first kappa shape index (κ1) is 15.6. The molecule has 10 heteroatoms. The van der Waals surface area contributed by atoms with Gasteiger partial charge in [-0.3, -0.25) is 19.7 Å². The number of aromatic nitrogens is 3. The topological polar surface area (TPSA) is 131 Å². The molecule has 10 nitrogen and oxygen atoms in total. The number of amides is 1. The van der Waals surface area contributed by atoms with Crippen LogP contribution in [-0.2, 0) is 4.79 Å². The van der Waals surface area contributed by atoms with Gasteiger partial charge in [-0.15, -0.1) is 5.10 Å². The molecule has 1 N–H and O–H groups in total. The van der Waals surface area contributed by atoms with Gasteiger partial charge in [0.25, 0.3) is 11.6 Å². The monoisotopic (exact) mass is 331 g/mol. The fraction of sp³-hybridized carbons (Fsp3) is 0.286. The Balaban J connectivity index is 1.84. The average molecular weight is 331 g/mol. The molecule has 0 aliphatic heterocycles. The molecule has 124 valence electrons. The fourth-order valence-electron chi connectivity index (χ4n) is 2.28. The average Bonchev–Trinajstić information content (AvgIpc) is 3.27. The van der Waals surface area contributed by atoms with E-state index in [1.54, 1.807) is 6.07 Å². The molecule has 0 saturated heterocycles. The summed E-state index contributed by atoms with van der Waals surface area (Å²) < 4.78 is 1.24. The van der Waals surface area contributed by atoms with Crippen LogP contribution >= 0.6 is 0 Å². The van der Waals surface area contributed by atoms with Crippen molar-refractivity contribution in [3.8, 4) is 5.69 Å². The van der Waals surface area contributed by atoms with E-state index in [0.29, 0.717) is 5.69 Å². The standard InChI is InChI=1S/C14H13N5O5/c20-13(21)8-17(9-4-5-9)14(22)12-7-18(16-15-12)10-2-1-3-11(6-10)19(23)24/h1-3,6-7,9H,4-5,8H2,(H,20,21). The molecule has 0 unspecified atom stereocenters. The van der Waals surface area contributed by atoms with E-state index in [-0.39, 0.29) is 17.4 Å². The molecule has 0 spiro atoms. The van der Waals surface area contributed by atoms with Crippen LogP contribution in [0.2, 0.25) is 0 Å². The zero-order valence-electron chi connectivity index (χ0n) is 12.4. The molecule has 1 amide bonds. The minimum atomic E-state index is -1.10. The van der Waals surface area contributed by atoms with Crippen LogP contribution in [0, 0.1) is 10.1 Å². The number of rotatable bonds is 6. The third-order valence-corrected chi connectivity index (χ3v) is 3.57. The molecule has 2 aromatic rings. The molecular formula is C14H13N5O5. The SMILES string of the molecule is O=C(O)CN(C(=O)c1cn(-c2cccc([N+](=O)[O-])c2)nn1)C1CC1. The van der Waals surface area contributed by atoms with Crippen molar-refractivity contribution in [2.75, 3.05) is 6.54 Å². The second-order valence-corrected chi connectivity index (χ2v) is 5.38. The predicted octanol–water partition coefficient (Wildman–Crippen LogP) is 0.865. The fourth-order valence-corrected chi connectivity index (χ4v) is 2.28. The summed E-state index contributed by atoms with van der Waals surface area (Å²) in [5, 5.41) is 27.3. The van der Waals surface area contributed by atoms with E-state index in [1.807, 2.05) is 0 Å². The third-order valence-electron chi connectivity index (χ3n) is 3.57. The maximum absolute atomic E-state index is 12.4. The van der Waals surface area contributed by atoms with Crippen LogP contribution in [0.4, 0.5) is 5.69 Å². The second-order valence-electron chi connectivity index (χ2n) is 5.38. The van der Waals surface area contributed by atoms with Crippen LogP contribution in [0.5, 0.6) is 0 Å². The van der Waals surface area contributed by atoms with Gasteiger partial charge in [-0.05, 0) is 18.9 Å². The molecule has 0 bridgehead atoms. The molecular weight excluding hydrogens is 318 g/mol. The van der Waals surface area contributed by atoms with Gasteiger partial charge in [0.05, 0.1) is 16.8 Å². The van der Waals surface area contributed by atoms with Crippen LogP contribution in [-0.4, -0.2) is 54.4 Å². The highest BCUT2D eigenvalue weighted by molar-refractivity contribution is 5.94. The van der Waals surface area contributed by atoms with E-state index in [4.69, 9.17) is 5.11 Å². The summed E-state index contributed by atoms with van der Waals surface area (Å²) in [6.07, 6.45) is 2.86. The lowest BCUT2D eigenvalue weighted by atomic mass is 10.3. The number of aliphatic carboxylic acids is 1. The number of nitro groups is 1. The highest BCUT2D eigenvalue weighted by Crippen LogP contribution is 2.27. The van der Waals surface area contributed by atoms with Crippen molar-refractivity contribution in [3.05, 3.63) is 46.3 Å². The summed E-state index contributed by atoms with van der Waals surface area (Å²) in [6.45, 7) is -0.396. The molecule has 1 aromatic carbocycles. The molecule has 1 aromatic heterocycles. The molecule has 0 atom stereocenters. The van der Waals surface area contributed by atoms with Crippen LogP contribution in [0.3, 0.4) is 0 Å². The Kier molecular flexibility index (Phi) is 3.94. The Labute approximate surface area is 135 Å². The summed E-state index contributed by atoms with van der Waals surface area (Å²) in [6, 6.07) is 5.65. The van der Waals surface area contributed by atoms with Crippen LogP contribution in [0.25, 0.3) is 5.69 Å². The highest BCUT2D eigenvalue weighted by Gasteiger charge is 2.35. The van der Waals surface area contributed by atoms with E-state index in [9.17, 15) is 19.7 Å². The van der Waals surface area contributed by atoms with E-state index in [0.717, 1.165) is 12.8 Å². The van der Waals surface area contributed by atoms with Gasteiger partial charge < -0.3 is 10.0 Å². The summed E-state index contributed by atoms with van der Waals surface area (Å²) in [7, 11) is 0. The number of hydrogen-bond donors (Lipinski definition) is 1. The second kappa shape index (κ2) is 6.07. The van der Waals surface area contributed by atoms with Gasteiger partial charge in [0, 0.05) is 18.2 Å². The first-order valence-electron chi connectivity index (χ1n) is 7.15. The Bertz CT molecular complexity index is 813. The number of carbonyl (C=O) groups excluding carboxylic acids is 1. The van der Waals surface area contributed by atoms with Crippen molar-refractivity contribution in [2.24, 2.45) is 0 Å². The normalized spacial score (nSPS) is 13.5. The first-order valence-corrected chi connectivity index (χ1v) is 7.15. The maximum Gasteiger partial charge on any atom is 0.323 e. The van der Waals surface area contributed by atoms with Gasteiger partial charge in [-0.25, -0.2) is 4.68 Å². The van der Waals surface area contributed by atoms with Crippen LogP contribution < -0.4 is 0 Å². The number of carboxylic acid groups (broad SMARTS) is 1. The van der Waals surface area contributed by atoms with Crippen molar-refractivity contribution in [1.29, 1.82) is 0 Å².